The van der Waals surface area contributed by atoms with Crippen LogP contribution in [0.4, 0.5) is 11.4 Å². The van der Waals surface area contributed by atoms with Crippen molar-refractivity contribution in [3.63, 3.8) is 0 Å². The maximum absolute atomic E-state index is 12.7. The number of rotatable bonds is 18. The fourth-order valence-corrected chi connectivity index (χ4v) is 7.28. The minimum atomic E-state index is -0.651. The van der Waals surface area contributed by atoms with E-state index in [0.717, 1.165) is 45.4 Å². The number of carbonyl (C=O) groups is 2. The van der Waals surface area contributed by atoms with Gasteiger partial charge in [0, 0.05) is 44.0 Å². The van der Waals surface area contributed by atoms with E-state index in [2.05, 4.69) is 39.8 Å². The average Bonchev–Trinajstić information content (AvgIpc) is 3.26. The van der Waals surface area contributed by atoms with Crippen LogP contribution < -0.4 is 16.4 Å². The van der Waals surface area contributed by atoms with Gasteiger partial charge in [-0.05, 0) is 84.5 Å². The van der Waals surface area contributed by atoms with Crippen LogP contribution in [-0.4, -0.2) is 52.7 Å². The first kappa shape index (κ1) is 42.3. The molecular weight excluding hydrogens is 729 g/mol. The summed E-state index contributed by atoms with van der Waals surface area (Å²) < 4.78 is 13.3. The summed E-state index contributed by atoms with van der Waals surface area (Å²) in [5.74, 6) is -0.107. The standard InChI is InChI=1S/C48H56N4O6/c1-33(47(56)37-14-5-3-6-15-37)52(2)31-41-29-44(36-25-23-34(32-53)24-26-36)58-48(57-41)40-18-12-17-39(28-40)38-16-11-13-35(27-38)30-50-45(54)21-7-4-8-22-46(55)51-43-20-10-9-19-42(43)49/h3,5-6,9-20,23-28,33,41,44,47-48,53,56H,4,7-8,21-22,29-32,49H2,1-2H3,(H,50,54)(H,51,55)/t33-,41+,44-,47-,48-/m1/s1. The van der Waals surface area contributed by atoms with E-state index in [1.54, 1.807) is 12.1 Å². The molecule has 10 heteroatoms. The lowest BCUT2D eigenvalue weighted by Gasteiger charge is -2.39. The van der Waals surface area contributed by atoms with Crippen LogP contribution in [0.25, 0.3) is 11.1 Å². The smallest absolute Gasteiger partial charge is 0.224 e. The van der Waals surface area contributed by atoms with Gasteiger partial charge in [0.2, 0.25) is 11.8 Å². The van der Waals surface area contributed by atoms with Gasteiger partial charge in [-0.15, -0.1) is 0 Å². The summed E-state index contributed by atoms with van der Waals surface area (Å²) in [6.07, 6.45) is 1.85. The molecule has 5 atom stereocenters. The molecule has 10 nitrogen and oxygen atoms in total. The highest BCUT2D eigenvalue weighted by Gasteiger charge is 2.34. The number of aliphatic hydroxyl groups is 2. The maximum atomic E-state index is 12.7. The van der Waals surface area contributed by atoms with Crippen LogP contribution >= 0.6 is 0 Å². The monoisotopic (exact) mass is 784 g/mol. The van der Waals surface area contributed by atoms with Gasteiger partial charge in [0.05, 0.1) is 36.3 Å². The molecule has 0 radical (unpaired) electrons. The van der Waals surface area contributed by atoms with Gasteiger partial charge in [-0.3, -0.25) is 14.5 Å². The number of para-hydroxylation sites is 2. The Kier molecular flexibility index (Phi) is 15.2. The Morgan fingerprint density at radius 3 is 2.21 bits per heavy atom. The number of nitrogen functional groups attached to an aromatic ring is 1. The van der Waals surface area contributed by atoms with Crippen molar-refractivity contribution < 1.29 is 29.3 Å². The summed E-state index contributed by atoms with van der Waals surface area (Å²) in [4.78, 5) is 27.1. The predicted octanol–water partition coefficient (Wildman–Crippen LogP) is 8.23. The highest BCUT2D eigenvalue weighted by molar-refractivity contribution is 5.93. The highest BCUT2D eigenvalue weighted by atomic mass is 16.7. The van der Waals surface area contributed by atoms with Crippen LogP contribution in [0.2, 0.25) is 0 Å². The number of hydrogen-bond donors (Lipinski definition) is 5. The van der Waals surface area contributed by atoms with Crippen LogP contribution in [-0.2, 0) is 32.2 Å². The van der Waals surface area contributed by atoms with Gasteiger partial charge < -0.3 is 36.1 Å². The quantitative estimate of drug-likeness (QED) is 0.0442. The molecular formula is C48H56N4O6. The number of aliphatic hydroxyl groups excluding tert-OH is 2. The van der Waals surface area contributed by atoms with E-state index in [1.807, 2.05) is 105 Å². The summed E-state index contributed by atoms with van der Waals surface area (Å²) in [6.45, 7) is 3.00. The molecule has 6 N–H and O–H groups in total. The Hall–Kier alpha value is -5.36. The van der Waals surface area contributed by atoms with Crippen molar-refractivity contribution in [1.82, 2.24) is 10.2 Å². The van der Waals surface area contributed by atoms with Gasteiger partial charge in [-0.25, -0.2) is 0 Å². The van der Waals surface area contributed by atoms with Crippen molar-refractivity contribution in [3.8, 4) is 11.1 Å². The molecule has 5 aromatic carbocycles. The lowest BCUT2D eigenvalue weighted by molar-refractivity contribution is -0.253. The van der Waals surface area contributed by atoms with E-state index in [9.17, 15) is 19.8 Å². The second kappa shape index (κ2) is 20.9. The first-order chi connectivity index (χ1) is 28.2. The molecule has 6 rings (SSSR count). The molecule has 1 fully saturated rings. The molecule has 0 unspecified atom stereocenters. The van der Waals surface area contributed by atoms with Crippen LogP contribution in [0.5, 0.6) is 0 Å². The number of nitrogens with zero attached hydrogens (tertiary/aromatic N) is 1. The molecule has 0 saturated carbocycles. The van der Waals surface area contributed by atoms with Crippen LogP contribution in [0.15, 0.2) is 127 Å². The number of ether oxygens (including phenoxy) is 2. The topological polar surface area (TPSA) is 146 Å². The minimum absolute atomic E-state index is 0.0229. The van der Waals surface area contributed by atoms with Crippen LogP contribution in [0.3, 0.4) is 0 Å². The Bertz CT molecular complexity index is 2080. The van der Waals surface area contributed by atoms with Gasteiger partial charge >= 0.3 is 0 Å². The van der Waals surface area contributed by atoms with Crippen molar-refractivity contribution in [3.05, 3.63) is 155 Å². The zero-order chi connectivity index (χ0) is 40.9. The van der Waals surface area contributed by atoms with Crippen molar-refractivity contribution in [2.75, 3.05) is 24.6 Å². The zero-order valence-corrected chi connectivity index (χ0v) is 33.4. The van der Waals surface area contributed by atoms with Gasteiger partial charge in [-0.2, -0.15) is 0 Å². The molecule has 1 aliphatic rings. The molecule has 58 heavy (non-hydrogen) atoms. The second-order valence-electron chi connectivity index (χ2n) is 15.2. The molecule has 2 amide bonds. The lowest BCUT2D eigenvalue weighted by atomic mass is 9.97. The normalized spacial score (nSPS) is 17.7. The van der Waals surface area contributed by atoms with Crippen molar-refractivity contribution in [2.24, 2.45) is 0 Å². The summed E-state index contributed by atoms with van der Waals surface area (Å²) in [6, 6.07) is 40.9. The summed E-state index contributed by atoms with van der Waals surface area (Å²) >= 11 is 0. The van der Waals surface area contributed by atoms with Gasteiger partial charge in [-0.1, -0.05) is 110 Å². The fourth-order valence-electron chi connectivity index (χ4n) is 7.28. The average molecular weight is 785 g/mol. The van der Waals surface area contributed by atoms with Crippen molar-refractivity contribution in [2.45, 2.75) is 89.2 Å². The SMILES string of the molecule is C[C@H]([C@@H](O)c1ccccc1)N(C)C[C@@H]1C[C@H](c2ccc(CO)cc2)O[C@H](c2cccc(-c3cccc(CNC(=O)CCCCCC(=O)Nc4ccccc4N)c3)c2)O1. The number of hydrogen-bond acceptors (Lipinski definition) is 8. The predicted molar refractivity (Wildman–Crippen MR) is 228 cm³/mol. The molecule has 0 spiro atoms. The first-order valence-corrected chi connectivity index (χ1v) is 20.2. The molecule has 0 bridgehead atoms. The van der Waals surface area contributed by atoms with Crippen LogP contribution in [0.1, 0.15) is 91.8 Å². The Morgan fingerprint density at radius 1 is 0.776 bits per heavy atom. The fraction of sp³-hybridized carbons (Fsp3) is 0.333. The second-order valence-corrected chi connectivity index (χ2v) is 15.2. The third-order valence-corrected chi connectivity index (χ3v) is 10.9. The number of carbonyl (C=O) groups excluding carboxylic acids is 2. The Morgan fingerprint density at radius 2 is 1.47 bits per heavy atom. The Balaban J connectivity index is 1.05. The number of likely N-dealkylation sites (N-methyl/N-ethyl adjacent to an activating group) is 1. The van der Waals surface area contributed by atoms with Gasteiger partial charge in [0.1, 0.15) is 0 Å². The van der Waals surface area contributed by atoms with Crippen molar-refractivity contribution in [1.29, 1.82) is 0 Å². The van der Waals surface area contributed by atoms with Crippen LogP contribution in [0, 0.1) is 0 Å². The molecule has 1 heterocycles. The highest BCUT2D eigenvalue weighted by Crippen LogP contribution is 2.39. The van der Waals surface area contributed by atoms with E-state index in [1.165, 1.54) is 0 Å². The number of amides is 2. The van der Waals surface area contributed by atoms with E-state index >= 15 is 0 Å². The molecule has 0 aromatic heterocycles. The largest absolute Gasteiger partial charge is 0.397 e. The zero-order valence-electron chi connectivity index (χ0n) is 33.4. The summed E-state index contributed by atoms with van der Waals surface area (Å²) in [5.41, 5.74) is 13.7. The lowest BCUT2D eigenvalue weighted by Crippen LogP contribution is -2.43. The molecule has 1 aliphatic heterocycles. The molecule has 304 valence electrons. The Labute approximate surface area is 342 Å². The number of benzene rings is 5. The first-order valence-electron chi connectivity index (χ1n) is 20.2. The van der Waals surface area contributed by atoms with E-state index in [0.29, 0.717) is 56.6 Å². The van der Waals surface area contributed by atoms with Crippen molar-refractivity contribution >= 4 is 23.2 Å². The van der Waals surface area contributed by atoms with Gasteiger partial charge in [0.15, 0.2) is 6.29 Å². The molecule has 1 saturated heterocycles. The molecule has 0 aliphatic carbocycles. The number of nitrogens with one attached hydrogen (secondary N) is 2. The summed E-state index contributed by atoms with van der Waals surface area (Å²) in [5, 5.41) is 26.7. The van der Waals surface area contributed by atoms with E-state index in [-0.39, 0.29) is 36.7 Å². The minimum Gasteiger partial charge on any atom is -0.397 e. The molecule has 5 aromatic rings. The number of unbranched alkanes of at least 4 members (excludes halogenated alkanes) is 2. The maximum Gasteiger partial charge on any atom is 0.224 e. The number of nitrogens with two attached hydrogens (primary N) is 1. The van der Waals surface area contributed by atoms with E-state index in [4.69, 9.17) is 15.2 Å². The summed E-state index contributed by atoms with van der Waals surface area (Å²) in [7, 11) is 2.01. The van der Waals surface area contributed by atoms with E-state index < -0.39 is 12.4 Å². The van der Waals surface area contributed by atoms with Gasteiger partial charge in [0.25, 0.3) is 0 Å². The third-order valence-electron chi connectivity index (χ3n) is 10.9. The third kappa shape index (κ3) is 11.8. The number of anilines is 2.